The van der Waals surface area contributed by atoms with Gasteiger partial charge in [0, 0.05) is 6.42 Å². The maximum absolute atomic E-state index is 12.5. The fraction of sp³-hybridized carbons (Fsp3) is 0.125. The van der Waals surface area contributed by atoms with Crippen LogP contribution >= 0.6 is 0 Å². The molecule has 1 atom stereocenters. The van der Waals surface area contributed by atoms with E-state index in [0.717, 1.165) is 5.56 Å². The summed E-state index contributed by atoms with van der Waals surface area (Å²) in [4.78, 5) is 28.5. The number of furan rings is 1. The van der Waals surface area contributed by atoms with Gasteiger partial charge in [0.1, 0.15) is 12.4 Å². The zero-order valence-corrected chi connectivity index (χ0v) is 12.6. The zero-order chi connectivity index (χ0) is 16.8. The van der Waals surface area contributed by atoms with Gasteiger partial charge < -0.3 is 9.73 Å². The lowest BCUT2D eigenvalue weighted by Gasteiger charge is -2.17. The summed E-state index contributed by atoms with van der Waals surface area (Å²) in [5.74, 6) is -0.519. The molecule has 3 rings (SSSR count). The first-order chi connectivity index (χ1) is 11.7. The first-order valence-electron chi connectivity index (χ1n) is 7.27. The molecular formula is C16H15N5O3. The second-order valence-corrected chi connectivity index (χ2v) is 5.02. The summed E-state index contributed by atoms with van der Waals surface area (Å²) >= 11 is 0. The molecule has 8 heteroatoms. The number of benzene rings is 1. The molecule has 0 radical (unpaired) electrons. The number of nitrogens with zero attached hydrogens (tertiary/aromatic N) is 2. The monoisotopic (exact) mass is 325 g/mol. The van der Waals surface area contributed by atoms with Gasteiger partial charge in [0.15, 0.2) is 5.76 Å². The summed E-state index contributed by atoms with van der Waals surface area (Å²) in [7, 11) is 0. The van der Waals surface area contributed by atoms with Crippen LogP contribution in [0, 0.1) is 0 Å². The van der Waals surface area contributed by atoms with Crippen LogP contribution in [0.1, 0.15) is 16.1 Å². The SMILES string of the molecule is O=C(NC(Cc1ccccc1)C(=O)Nc1ncn[nH]1)c1ccco1. The Balaban J connectivity index is 1.74. The third-order valence-electron chi connectivity index (χ3n) is 3.31. The quantitative estimate of drug-likeness (QED) is 0.633. The molecular weight excluding hydrogens is 310 g/mol. The summed E-state index contributed by atoms with van der Waals surface area (Å²) in [6.45, 7) is 0. The third-order valence-corrected chi connectivity index (χ3v) is 3.31. The molecule has 0 aliphatic carbocycles. The smallest absolute Gasteiger partial charge is 0.287 e. The van der Waals surface area contributed by atoms with E-state index in [1.807, 2.05) is 30.3 Å². The lowest BCUT2D eigenvalue weighted by Crippen LogP contribution is -2.45. The van der Waals surface area contributed by atoms with Crippen molar-refractivity contribution in [1.82, 2.24) is 20.5 Å². The van der Waals surface area contributed by atoms with Gasteiger partial charge in [-0.25, -0.2) is 5.10 Å². The van der Waals surface area contributed by atoms with E-state index in [9.17, 15) is 9.59 Å². The fourth-order valence-corrected chi connectivity index (χ4v) is 2.17. The van der Waals surface area contributed by atoms with Crippen molar-refractivity contribution in [2.45, 2.75) is 12.5 Å². The number of amides is 2. The van der Waals surface area contributed by atoms with E-state index in [0.29, 0.717) is 6.42 Å². The van der Waals surface area contributed by atoms with Gasteiger partial charge in [0.05, 0.1) is 6.26 Å². The lowest BCUT2D eigenvalue weighted by atomic mass is 10.1. The number of carbonyl (C=O) groups is 2. The highest BCUT2D eigenvalue weighted by atomic mass is 16.3. The van der Waals surface area contributed by atoms with Gasteiger partial charge in [-0.05, 0) is 17.7 Å². The first-order valence-corrected chi connectivity index (χ1v) is 7.27. The molecule has 0 saturated heterocycles. The number of carbonyl (C=O) groups excluding carboxylic acids is 2. The van der Waals surface area contributed by atoms with Gasteiger partial charge >= 0.3 is 0 Å². The topological polar surface area (TPSA) is 113 Å². The van der Waals surface area contributed by atoms with Crippen LogP contribution in [0.4, 0.5) is 5.95 Å². The van der Waals surface area contributed by atoms with Crippen molar-refractivity contribution < 1.29 is 14.0 Å². The average Bonchev–Trinajstić information content (AvgIpc) is 3.29. The zero-order valence-electron chi connectivity index (χ0n) is 12.6. The highest BCUT2D eigenvalue weighted by Crippen LogP contribution is 2.07. The summed E-state index contributed by atoms with van der Waals surface area (Å²) in [6.07, 6.45) is 3.01. The molecule has 0 saturated carbocycles. The Morgan fingerprint density at radius 1 is 1.17 bits per heavy atom. The largest absolute Gasteiger partial charge is 0.459 e. The standard InChI is InChI=1S/C16H15N5O3/c22-14(20-16-17-10-18-21-16)12(9-11-5-2-1-3-6-11)19-15(23)13-7-4-8-24-13/h1-8,10,12H,9H2,(H,19,23)(H2,17,18,20,21,22). The summed E-state index contributed by atoms with van der Waals surface area (Å²) < 4.78 is 5.06. The molecule has 2 amide bonds. The molecule has 2 heterocycles. The van der Waals surface area contributed by atoms with Crippen LogP contribution in [0.3, 0.4) is 0 Å². The van der Waals surface area contributed by atoms with Crippen LogP contribution < -0.4 is 10.6 Å². The summed E-state index contributed by atoms with van der Waals surface area (Å²) in [5.41, 5.74) is 0.912. The van der Waals surface area contributed by atoms with Crippen molar-refractivity contribution in [3.8, 4) is 0 Å². The number of hydrogen-bond acceptors (Lipinski definition) is 5. The molecule has 3 aromatic rings. The van der Waals surface area contributed by atoms with Crippen molar-refractivity contribution in [3.63, 3.8) is 0 Å². The number of anilines is 1. The molecule has 2 aromatic heterocycles. The maximum Gasteiger partial charge on any atom is 0.287 e. The second-order valence-electron chi connectivity index (χ2n) is 5.02. The minimum absolute atomic E-state index is 0.139. The highest BCUT2D eigenvalue weighted by molar-refractivity contribution is 5.99. The van der Waals surface area contributed by atoms with Crippen molar-refractivity contribution in [2.24, 2.45) is 0 Å². The number of H-pyrrole nitrogens is 1. The normalized spacial score (nSPS) is 11.7. The van der Waals surface area contributed by atoms with E-state index >= 15 is 0 Å². The number of hydrogen-bond donors (Lipinski definition) is 3. The molecule has 122 valence electrons. The van der Waals surface area contributed by atoms with E-state index in [1.54, 1.807) is 6.07 Å². The molecule has 8 nitrogen and oxygen atoms in total. The molecule has 0 aliphatic heterocycles. The van der Waals surface area contributed by atoms with E-state index < -0.39 is 17.9 Å². The predicted molar refractivity (Wildman–Crippen MR) is 85.1 cm³/mol. The number of nitrogens with one attached hydrogen (secondary N) is 3. The molecule has 24 heavy (non-hydrogen) atoms. The van der Waals surface area contributed by atoms with Crippen LogP contribution in [0.2, 0.25) is 0 Å². The maximum atomic E-state index is 12.5. The fourth-order valence-electron chi connectivity index (χ4n) is 2.17. The average molecular weight is 325 g/mol. The van der Waals surface area contributed by atoms with Gasteiger partial charge in [-0.2, -0.15) is 10.1 Å². The van der Waals surface area contributed by atoms with E-state index in [4.69, 9.17) is 4.42 Å². The third kappa shape index (κ3) is 3.86. The number of aromatic amines is 1. The molecule has 0 aliphatic rings. The second kappa shape index (κ2) is 7.23. The van der Waals surface area contributed by atoms with Crippen LogP contribution in [0.5, 0.6) is 0 Å². The van der Waals surface area contributed by atoms with Crippen LogP contribution in [-0.4, -0.2) is 33.0 Å². The van der Waals surface area contributed by atoms with Crippen LogP contribution in [-0.2, 0) is 11.2 Å². The summed E-state index contributed by atoms with van der Waals surface area (Å²) in [5, 5.41) is 11.5. The van der Waals surface area contributed by atoms with Gasteiger partial charge in [0.2, 0.25) is 11.9 Å². The molecule has 0 bridgehead atoms. The Hall–Kier alpha value is -3.42. The van der Waals surface area contributed by atoms with E-state index in [1.165, 1.54) is 18.7 Å². The minimum atomic E-state index is -0.796. The Morgan fingerprint density at radius 3 is 2.67 bits per heavy atom. The van der Waals surface area contributed by atoms with Crippen LogP contribution in [0.25, 0.3) is 0 Å². The lowest BCUT2D eigenvalue weighted by molar-refractivity contribution is -0.118. The number of rotatable bonds is 6. The molecule has 1 unspecified atom stereocenters. The number of aromatic nitrogens is 3. The van der Waals surface area contributed by atoms with Crippen molar-refractivity contribution in [3.05, 3.63) is 66.4 Å². The molecule has 1 aromatic carbocycles. The minimum Gasteiger partial charge on any atom is -0.459 e. The van der Waals surface area contributed by atoms with Crippen molar-refractivity contribution in [1.29, 1.82) is 0 Å². The van der Waals surface area contributed by atoms with Crippen LogP contribution in [0.15, 0.2) is 59.5 Å². The first kappa shape index (κ1) is 15.5. The molecule has 0 spiro atoms. The molecule has 0 fully saturated rings. The van der Waals surface area contributed by atoms with Gasteiger partial charge in [-0.15, -0.1) is 0 Å². The van der Waals surface area contributed by atoms with Crippen molar-refractivity contribution in [2.75, 3.05) is 5.32 Å². The Morgan fingerprint density at radius 2 is 2.00 bits per heavy atom. The van der Waals surface area contributed by atoms with Gasteiger partial charge in [0.25, 0.3) is 5.91 Å². The highest BCUT2D eigenvalue weighted by Gasteiger charge is 2.23. The van der Waals surface area contributed by atoms with Crippen molar-refractivity contribution >= 4 is 17.8 Å². The Bertz CT molecular complexity index is 785. The predicted octanol–water partition coefficient (Wildman–Crippen LogP) is 1.38. The van der Waals surface area contributed by atoms with E-state index in [2.05, 4.69) is 25.8 Å². The van der Waals surface area contributed by atoms with Gasteiger partial charge in [-0.3, -0.25) is 14.9 Å². The Kier molecular flexibility index (Phi) is 4.66. The van der Waals surface area contributed by atoms with E-state index in [-0.39, 0.29) is 11.7 Å². The molecule has 3 N–H and O–H groups in total. The summed E-state index contributed by atoms with van der Waals surface area (Å²) in [6, 6.07) is 11.7. The Labute approximate surface area is 137 Å². The van der Waals surface area contributed by atoms with Gasteiger partial charge in [-0.1, -0.05) is 30.3 Å².